The Bertz CT molecular complexity index is 251. The highest BCUT2D eigenvalue weighted by molar-refractivity contribution is 5.14. The Morgan fingerprint density at radius 2 is 1.86 bits per heavy atom. The zero-order valence-corrected chi connectivity index (χ0v) is 8.61. The normalized spacial score (nSPS) is 19.6. The molecule has 0 amide bonds. The van der Waals surface area contributed by atoms with E-state index in [1.807, 2.05) is 0 Å². The number of ether oxygens (including phenoxy) is 1. The molecule has 0 radical (unpaired) electrons. The van der Waals surface area contributed by atoms with E-state index in [9.17, 15) is 0 Å². The molecule has 1 unspecified atom stereocenters. The van der Waals surface area contributed by atoms with Gasteiger partial charge in [0.1, 0.15) is 0 Å². The molecule has 1 saturated heterocycles. The molecule has 1 heteroatoms. The minimum Gasteiger partial charge on any atom is -0.373 e. The Labute approximate surface area is 86.1 Å². The van der Waals surface area contributed by atoms with Gasteiger partial charge in [-0.1, -0.05) is 43.2 Å². The topological polar surface area (TPSA) is 12.5 Å². The number of rotatable bonds is 6. The molecule has 0 N–H and O–H groups in total. The number of benzene rings is 1. The standard InChI is InChI=1S/C13H18O/c1-3-7-12(8-4-1)9-5-2-6-10-13-11-14-13/h1,3-4,7-8,13H,2,5-6,9-11H2. The summed E-state index contributed by atoms with van der Waals surface area (Å²) in [6.07, 6.45) is 7.11. The Morgan fingerprint density at radius 1 is 1.07 bits per heavy atom. The lowest BCUT2D eigenvalue weighted by molar-refractivity contribution is 0.388. The van der Waals surface area contributed by atoms with Crippen LogP contribution < -0.4 is 0 Å². The van der Waals surface area contributed by atoms with Gasteiger partial charge < -0.3 is 4.74 Å². The third kappa shape index (κ3) is 3.51. The van der Waals surface area contributed by atoms with Crippen molar-refractivity contribution in [3.05, 3.63) is 35.9 Å². The van der Waals surface area contributed by atoms with Crippen LogP contribution in [-0.4, -0.2) is 12.7 Å². The number of aryl methyl sites for hydroxylation is 1. The van der Waals surface area contributed by atoms with Gasteiger partial charge in [0, 0.05) is 0 Å². The Morgan fingerprint density at radius 3 is 2.57 bits per heavy atom. The van der Waals surface area contributed by atoms with Crippen LogP contribution in [-0.2, 0) is 11.2 Å². The first kappa shape index (κ1) is 9.72. The van der Waals surface area contributed by atoms with Gasteiger partial charge in [-0.15, -0.1) is 0 Å². The molecule has 2 rings (SSSR count). The molecule has 1 nitrogen and oxygen atoms in total. The van der Waals surface area contributed by atoms with Crippen LogP contribution in [0.1, 0.15) is 31.2 Å². The fraction of sp³-hybridized carbons (Fsp3) is 0.538. The second-order valence-electron chi connectivity index (χ2n) is 4.04. The summed E-state index contributed by atoms with van der Waals surface area (Å²) in [7, 11) is 0. The summed E-state index contributed by atoms with van der Waals surface area (Å²) < 4.78 is 5.17. The molecule has 1 aliphatic rings. The summed E-state index contributed by atoms with van der Waals surface area (Å²) in [6, 6.07) is 10.7. The fourth-order valence-corrected chi connectivity index (χ4v) is 1.76. The second-order valence-corrected chi connectivity index (χ2v) is 4.04. The second kappa shape index (κ2) is 5.16. The van der Waals surface area contributed by atoms with Crippen LogP contribution >= 0.6 is 0 Å². The lowest BCUT2D eigenvalue weighted by atomic mass is 10.1. The average Bonchev–Trinajstić information content (AvgIpc) is 3.03. The minimum absolute atomic E-state index is 0.617. The van der Waals surface area contributed by atoms with Crippen molar-refractivity contribution in [2.24, 2.45) is 0 Å². The fourth-order valence-electron chi connectivity index (χ4n) is 1.76. The molecule has 14 heavy (non-hydrogen) atoms. The lowest BCUT2D eigenvalue weighted by Crippen LogP contribution is -1.88. The molecule has 0 spiro atoms. The van der Waals surface area contributed by atoms with Crippen LogP contribution in [0.5, 0.6) is 0 Å². The molecule has 0 bridgehead atoms. The van der Waals surface area contributed by atoms with Gasteiger partial charge in [-0.25, -0.2) is 0 Å². The molecule has 1 heterocycles. The van der Waals surface area contributed by atoms with E-state index in [0.29, 0.717) is 6.10 Å². The van der Waals surface area contributed by atoms with Gasteiger partial charge in [0.05, 0.1) is 12.7 Å². The van der Waals surface area contributed by atoms with Crippen molar-refractivity contribution < 1.29 is 4.74 Å². The van der Waals surface area contributed by atoms with Crippen molar-refractivity contribution in [1.29, 1.82) is 0 Å². The van der Waals surface area contributed by atoms with Gasteiger partial charge >= 0.3 is 0 Å². The quantitative estimate of drug-likeness (QED) is 0.496. The minimum atomic E-state index is 0.617. The van der Waals surface area contributed by atoms with Crippen molar-refractivity contribution in [2.45, 2.75) is 38.2 Å². The maximum absolute atomic E-state index is 5.17. The van der Waals surface area contributed by atoms with Crippen LogP contribution in [0.4, 0.5) is 0 Å². The molecule has 1 atom stereocenters. The summed E-state index contributed by atoms with van der Waals surface area (Å²) in [5, 5.41) is 0. The molecular weight excluding hydrogens is 172 g/mol. The predicted octanol–water partition coefficient (Wildman–Crippen LogP) is 3.19. The lowest BCUT2D eigenvalue weighted by Gasteiger charge is -2.00. The van der Waals surface area contributed by atoms with Crippen LogP contribution in [0.2, 0.25) is 0 Å². The van der Waals surface area contributed by atoms with Gasteiger partial charge in [0.2, 0.25) is 0 Å². The van der Waals surface area contributed by atoms with Crippen molar-refractivity contribution in [3.8, 4) is 0 Å². The van der Waals surface area contributed by atoms with Crippen LogP contribution in [0.15, 0.2) is 30.3 Å². The van der Waals surface area contributed by atoms with E-state index < -0.39 is 0 Å². The third-order valence-electron chi connectivity index (χ3n) is 2.74. The first-order chi connectivity index (χ1) is 6.95. The predicted molar refractivity (Wildman–Crippen MR) is 58.4 cm³/mol. The smallest absolute Gasteiger partial charge is 0.0810 e. The van der Waals surface area contributed by atoms with E-state index >= 15 is 0 Å². The van der Waals surface area contributed by atoms with Crippen LogP contribution in [0, 0.1) is 0 Å². The molecular formula is C13H18O. The number of epoxide rings is 1. The Hall–Kier alpha value is -0.820. The van der Waals surface area contributed by atoms with Crippen molar-refractivity contribution in [3.63, 3.8) is 0 Å². The largest absolute Gasteiger partial charge is 0.373 e. The highest BCUT2D eigenvalue weighted by atomic mass is 16.6. The molecule has 1 fully saturated rings. The SMILES string of the molecule is c1ccc(CCCCCC2CO2)cc1. The number of hydrogen-bond acceptors (Lipinski definition) is 1. The van der Waals surface area contributed by atoms with Crippen molar-refractivity contribution in [2.75, 3.05) is 6.61 Å². The number of hydrogen-bond donors (Lipinski definition) is 0. The monoisotopic (exact) mass is 190 g/mol. The molecule has 0 saturated carbocycles. The summed E-state index contributed by atoms with van der Waals surface area (Å²) in [4.78, 5) is 0. The van der Waals surface area contributed by atoms with Crippen molar-refractivity contribution in [1.82, 2.24) is 0 Å². The highest BCUT2D eigenvalue weighted by Gasteiger charge is 2.20. The van der Waals surface area contributed by atoms with E-state index in [4.69, 9.17) is 4.74 Å². The summed E-state index contributed by atoms with van der Waals surface area (Å²) in [5.41, 5.74) is 1.47. The van der Waals surface area contributed by atoms with Crippen LogP contribution in [0.3, 0.4) is 0 Å². The van der Waals surface area contributed by atoms with E-state index in [2.05, 4.69) is 30.3 Å². The summed E-state index contributed by atoms with van der Waals surface area (Å²) in [6.45, 7) is 1.01. The molecule has 0 aliphatic carbocycles. The summed E-state index contributed by atoms with van der Waals surface area (Å²) >= 11 is 0. The van der Waals surface area contributed by atoms with Gasteiger partial charge in [0.15, 0.2) is 0 Å². The van der Waals surface area contributed by atoms with E-state index in [-0.39, 0.29) is 0 Å². The first-order valence-corrected chi connectivity index (χ1v) is 5.61. The molecule has 1 aliphatic heterocycles. The Balaban J connectivity index is 1.54. The zero-order chi connectivity index (χ0) is 9.64. The maximum Gasteiger partial charge on any atom is 0.0810 e. The van der Waals surface area contributed by atoms with Gasteiger partial charge in [-0.2, -0.15) is 0 Å². The van der Waals surface area contributed by atoms with Gasteiger partial charge in [-0.05, 0) is 24.8 Å². The van der Waals surface area contributed by atoms with E-state index in [1.54, 1.807) is 0 Å². The molecule has 1 aromatic carbocycles. The average molecular weight is 190 g/mol. The maximum atomic E-state index is 5.17. The van der Waals surface area contributed by atoms with Crippen LogP contribution in [0.25, 0.3) is 0 Å². The molecule has 1 aromatic rings. The van der Waals surface area contributed by atoms with Gasteiger partial charge in [-0.3, -0.25) is 0 Å². The summed E-state index contributed by atoms with van der Waals surface area (Å²) in [5.74, 6) is 0. The third-order valence-corrected chi connectivity index (χ3v) is 2.74. The highest BCUT2D eigenvalue weighted by Crippen LogP contribution is 2.17. The zero-order valence-electron chi connectivity index (χ0n) is 8.61. The number of unbranched alkanes of at least 4 members (excludes halogenated alkanes) is 2. The van der Waals surface area contributed by atoms with E-state index in [1.165, 1.54) is 37.7 Å². The molecule has 76 valence electrons. The molecule has 0 aromatic heterocycles. The first-order valence-electron chi connectivity index (χ1n) is 5.61. The van der Waals surface area contributed by atoms with E-state index in [0.717, 1.165) is 6.61 Å². The van der Waals surface area contributed by atoms with Crippen molar-refractivity contribution >= 4 is 0 Å². The Kier molecular flexibility index (Phi) is 3.58. The van der Waals surface area contributed by atoms with Gasteiger partial charge in [0.25, 0.3) is 0 Å².